The molecule has 0 saturated heterocycles. The van der Waals surface area contributed by atoms with Gasteiger partial charge >= 0.3 is 5.97 Å². The van der Waals surface area contributed by atoms with Crippen LogP contribution in [0.25, 0.3) is 0 Å². The summed E-state index contributed by atoms with van der Waals surface area (Å²) in [5, 5.41) is 0. The first kappa shape index (κ1) is 17.9. The van der Waals surface area contributed by atoms with E-state index in [2.05, 4.69) is 0 Å². The number of nitrogens with zero attached hydrogens (tertiary/aromatic N) is 1. The number of rotatable bonds is 5. The van der Waals surface area contributed by atoms with Crippen LogP contribution in [0.4, 0.5) is 0 Å². The Kier molecular flexibility index (Phi) is 5.52. The zero-order chi connectivity index (χ0) is 18.5. The molecule has 1 heterocycles. The molecule has 4 nitrogen and oxygen atoms in total. The number of esters is 1. The summed E-state index contributed by atoms with van der Waals surface area (Å²) in [6.45, 7) is 4.66. The van der Waals surface area contributed by atoms with Gasteiger partial charge < -0.3 is 9.64 Å². The Labute approximate surface area is 154 Å². The van der Waals surface area contributed by atoms with E-state index < -0.39 is 0 Å². The van der Waals surface area contributed by atoms with E-state index in [0.29, 0.717) is 12.1 Å². The Morgan fingerprint density at radius 2 is 1.92 bits per heavy atom. The van der Waals surface area contributed by atoms with E-state index in [-0.39, 0.29) is 30.8 Å². The van der Waals surface area contributed by atoms with E-state index in [9.17, 15) is 9.59 Å². The van der Waals surface area contributed by atoms with Crippen molar-refractivity contribution >= 4 is 11.9 Å². The van der Waals surface area contributed by atoms with E-state index in [0.717, 1.165) is 16.7 Å². The molecule has 4 heteroatoms. The molecule has 1 unspecified atom stereocenters. The van der Waals surface area contributed by atoms with E-state index in [4.69, 9.17) is 4.74 Å². The summed E-state index contributed by atoms with van der Waals surface area (Å²) in [4.78, 5) is 26.7. The van der Waals surface area contributed by atoms with E-state index in [1.807, 2.05) is 68.4 Å². The largest absolute Gasteiger partial charge is 0.457 e. The molecular formula is C22H23NO3. The number of hydrogen-bond donors (Lipinski definition) is 0. The molecule has 1 atom stereocenters. The summed E-state index contributed by atoms with van der Waals surface area (Å²) >= 11 is 0. The van der Waals surface area contributed by atoms with Gasteiger partial charge in [-0.15, -0.1) is 0 Å². The molecule has 0 aliphatic carbocycles. The van der Waals surface area contributed by atoms with Crippen molar-refractivity contribution in [3.63, 3.8) is 0 Å². The molecule has 2 aromatic carbocycles. The number of carbonyl (C=O) groups excluding carboxylic acids is 2. The van der Waals surface area contributed by atoms with Crippen LogP contribution in [0.1, 0.15) is 36.0 Å². The molecule has 1 aliphatic heterocycles. The van der Waals surface area contributed by atoms with Gasteiger partial charge in [-0.3, -0.25) is 4.79 Å². The van der Waals surface area contributed by atoms with Crippen molar-refractivity contribution in [1.82, 2.24) is 4.90 Å². The topological polar surface area (TPSA) is 46.6 Å². The number of benzene rings is 2. The van der Waals surface area contributed by atoms with Crippen LogP contribution < -0.4 is 0 Å². The third-order valence-corrected chi connectivity index (χ3v) is 4.60. The summed E-state index contributed by atoms with van der Waals surface area (Å²) in [6, 6.07) is 17.5. The second kappa shape index (κ2) is 8.00. The van der Waals surface area contributed by atoms with Crippen molar-refractivity contribution in [2.75, 3.05) is 6.54 Å². The Balaban J connectivity index is 1.85. The van der Waals surface area contributed by atoms with Crippen LogP contribution in [0.3, 0.4) is 0 Å². The average Bonchev–Trinajstić information content (AvgIpc) is 2.66. The molecule has 0 radical (unpaired) electrons. The lowest BCUT2D eigenvalue weighted by atomic mass is 9.85. The molecule has 26 heavy (non-hydrogen) atoms. The standard InChI is InChI=1S/C22H23NO3/c1-3-23-14-20(22(25)26-15-17-9-5-4-6-10-17)19(13-21(23)24)18-11-7-8-16(2)12-18/h4-12,14,19H,3,13,15H2,1-2H3. The lowest BCUT2D eigenvalue weighted by Gasteiger charge is -2.29. The molecule has 0 N–H and O–H groups in total. The normalized spacial score (nSPS) is 17.0. The van der Waals surface area contributed by atoms with Crippen molar-refractivity contribution in [2.45, 2.75) is 32.8 Å². The lowest BCUT2D eigenvalue weighted by molar-refractivity contribution is -0.141. The predicted molar refractivity (Wildman–Crippen MR) is 100 cm³/mol. The maximum Gasteiger partial charge on any atom is 0.336 e. The van der Waals surface area contributed by atoms with Gasteiger partial charge in [0.1, 0.15) is 6.61 Å². The molecule has 0 bridgehead atoms. The second-order valence-electron chi connectivity index (χ2n) is 6.50. The molecule has 0 fully saturated rings. The highest BCUT2D eigenvalue weighted by atomic mass is 16.5. The van der Waals surface area contributed by atoms with E-state index >= 15 is 0 Å². The van der Waals surface area contributed by atoms with Gasteiger partial charge in [-0.25, -0.2) is 4.79 Å². The molecule has 1 aliphatic rings. The third-order valence-electron chi connectivity index (χ3n) is 4.60. The first-order valence-corrected chi connectivity index (χ1v) is 8.87. The summed E-state index contributed by atoms with van der Waals surface area (Å²) in [5.41, 5.74) is 3.54. The minimum absolute atomic E-state index is 0.0265. The molecule has 0 aromatic heterocycles. The maximum atomic E-state index is 12.8. The first-order valence-electron chi connectivity index (χ1n) is 8.87. The van der Waals surface area contributed by atoms with Gasteiger partial charge in [0.05, 0.1) is 5.57 Å². The molecule has 134 valence electrons. The van der Waals surface area contributed by atoms with Crippen LogP contribution in [-0.4, -0.2) is 23.3 Å². The molecule has 0 saturated carbocycles. The van der Waals surface area contributed by atoms with Gasteiger partial charge in [-0.05, 0) is 25.0 Å². The minimum Gasteiger partial charge on any atom is -0.457 e. The fourth-order valence-corrected chi connectivity index (χ4v) is 3.19. The molecule has 3 rings (SSSR count). The molecule has 2 aromatic rings. The van der Waals surface area contributed by atoms with Crippen LogP contribution in [0.15, 0.2) is 66.4 Å². The van der Waals surface area contributed by atoms with Crippen molar-refractivity contribution < 1.29 is 14.3 Å². The molecule has 1 amide bonds. The Hall–Kier alpha value is -2.88. The Morgan fingerprint density at radius 1 is 1.15 bits per heavy atom. The quantitative estimate of drug-likeness (QED) is 0.768. The zero-order valence-corrected chi connectivity index (χ0v) is 15.1. The lowest BCUT2D eigenvalue weighted by Crippen LogP contribution is -2.34. The van der Waals surface area contributed by atoms with Crippen LogP contribution in [0.2, 0.25) is 0 Å². The van der Waals surface area contributed by atoms with Crippen LogP contribution in [-0.2, 0) is 20.9 Å². The van der Waals surface area contributed by atoms with Gasteiger partial charge in [0, 0.05) is 25.1 Å². The number of carbonyl (C=O) groups is 2. The van der Waals surface area contributed by atoms with Crippen LogP contribution >= 0.6 is 0 Å². The number of ether oxygens (including phenoxy) is 1. The molecule has 0 spiro atoms. The van der Waals surface area contributed by atoms with E-state index in [1.165, 1.54) is 0 Å². The summed E-state index contributed by atoms with van der Waals surface area (Å²) in [6.07, 6.45) is 1.94. The van der Waals surface area contributed by atoms with Crippen molar-refractivity contribution in [2.24, 2.45) is 0 Å². The fourth-order valence-electron chi connectivity index (χ4n) is 3.19. The van der Waals surface area contributed by atoms with Gasteiger partial charge in [0.25, 0.3) is 0 Å². The highest BCUT2D eigenvalue weighted by molar-refractivity contribution is 5.94. The fraction of sp³-hybridized carbons (Fsp3) is 0.273. The monoisotopic (exact) mass is 349 g/mol. The molecular weight excluding hydrogens is 326 g/mol. The van der Waals surface area contributed by atoms with Crippen molar-refractivity contribution in [1.29, 1.82) is 0 Å². The van der Waals surface area contributed by atoms with Gasteiger partial charge in [0.15, 0.2) is 0 Å². The Bertz CT molecular complexity index is 826. The van der Waals surface area contributed by atoms with Crippen molar-refractivity contribution in [3.05, 3.63) is 83.1 Å². The maximum absolute atomic E-state index is 12.8. The van der Waals surface area contributed by atoms with Gasteiger partial charge in [0.2, 0.25) is 5.91 Å². The summed E-state index contributed by atoms with van der Waals surface area (Å²) < 4.78 is 5.53. The summed E-state index contributed by atoms with van der Waals surface area (Å²) in [7, 11) is 0. The van der Waals surface area contributed by atoms with E-state index in [1.54, 1.807) is 11.1 Å². The SMILES string of the molecule is CCN1C=C(C(=O)OCc2ccccc2)C(c2cccc(C)c2)CC1=O. The highest BCUT2D eigenvalue weighted by Crippen LogP contribution is 2.34. The number of amides is 1. The number of hydrogen-bond acceptors (Lipinski definition) is 3. The average molecular weight is 349 g/mol. The van der Waals surface area contributed by atoms with Gasteiger partial charge in [-0.1, -0.05) is 60.2 Å². The highest BCUT2D eigenvalue weighted by Gasteiger charge is 2.32. The predicted octanol–water partition coefficient (Wildman–Crippen LogP) is 3.96. The minimum atomic E-state index is -0.369. The first-order chi connectivity index (χ1) is 12.6. The van der Waals surface area contributed by atoms with Crippen LogP contribution in [0, 0.1) is 6.92 Å². The summed E-state index contributed by atoms with van der Waals surface area (Å²) in [5.74, 6) is -0.613. The van der Waals surface area contributed by atoms with Gasteiger partial charge in [-0.2, -0.15) is 0 Å². The zero-order valence-electron chi connectivity index (χ0n) is 15.1. The Morgan fingerprint density at radius 3 is 2.62 bits per heavy atom. The smallest absolute Gasteiger partial charge is 0.336 e. The second-order valence-corrected chi connectivity index (χ2v) is 6.50. The van der Waals surface area contributed by atoms with Crippen molar-refractivity contribution in [3.8, 4) is 0 Å². The van der Waals surface area contributed by atoms with Crippen LogP contribution in [0.5, 0.6) is 0 Å². The third kappa shape index (κ3) is 4.02. The number of aryl methyl sites for hydroxylation is 1.